The standard InChI is InChI=1S/C14H17N3OS.2ClH/c1-16-9-10-8-11(5-6-12(10)18-2)17-14(15)13-4-3-7-19-13;;/h3-8,16H,9H2,1-2H3,(H2,15,17);2*1H. The molecule has 0 saturated carbocycles. The van der Waals surface area contributed by atoms with Crippen molar-refractivity contribution >= 4 is 47.7 Å². The van der Waals surface area contributed by atoms with Gasteiger partial charge in [0, 0.05) is 12.1 Å². The van der Waals surface area contributed by atoms with E-state index in [1.165, 1.54) is 0 Å². The fourth-order valence-corrected chi connectivity index (χ4v) is 2.41. The lowest BCUT2D eigenvalue weighted by Gasteiger charge is -2.09. The second kappa shape index (κ2) is 9.63. The summed E-state index contributed by atoms with van der Waals surface area (Å²) in [6, 6.07) is 9.71. The molecule has 0 amide bonds. The average Bonchev–Trinajstić information content (AvgIpc) is 2.93. The van der Waals surface area contributed by atoms with Crippen LogP contribution in [0.4, 0.5) is 5.69 Å². The highest BCUT2D eigenvalue weighted by Gasteiger charge is 2.05. The maximum atomic E-state index is 5.98. The molecular formula is C14H19Cl2N3OS. The molecule has 0 aliphatic heterocycles. The quantitative estimate of drug-likeness (QED) is 0.643. The van der Waals surface area contributed by atoms with Crippen molar-refractivity contribution in [1.29, 1.82) is 0 Å². The van der Waals surface area contributed by atoms with Crippen molar-refractivity contribution in [2.75, 3.05) is 14.2 Å². The molecule has 4 nitrogen and oxygen atoms in total. The van der Waals surface area contributed by atoms with Gasteiger partial charge in [-0.1, -0.05) is 6.07 Å². The van der Waals surface area contributed by atoms with Gasteiger partial charge in [-0.05, 0) is 36.7 Å². The Labute approximate surface area is 141 Å². The molecule has 1 aromatic heterocycles. The third kappa shape index (κ3) is 5.21. The molecule has 3 N–H and O–H groups in total. The highest BCUT2D eigenvalue weighted by molar-refractivity contribution is 7.12. The van der Waals surface area contributed by atoms with E-state index >= 15 is 0 Å². The molecule has 2 aromatic rings. The monoisotopic (exact) mass is 347 g/mol. The largest absolute Gasteiger partial charge is 0.496 e. The fraction of sp³-hybridized carbons (Fsp3) is 0.214. The van der Waals surface area contributed by atoms with Gasteiger partial charge in [0.15, 0.2) is 0 Å². The van der Waals surface area contributed by atoms with E-state index in [4.69, 9.17) is 10.5 Å². The maximum absolute atomic E-state index is 5.98. The molecule has 0 aliphatic rings. The summed E-state index contributed by atoms with van der Waals surface area (Å²) in [6.07, 6.45) is 0. The summed E-state index contributed by atoms with van der Waals surface area (Å²) in [4.78, 5) is 5.42. The van der Waals surface area contributed by atoms with Crippen molar-refractivity contribution in [3.63, 3.8) is 0 Å². The van der Waals surface area contributed by atoms with Gasteiger partial charge in [-0.3, -0.25) is 0 Å². The van der Waals surface area contributed by atoms with Crippen LogP contribution in [0.5, 0.6) is 5.75 Å². The number of ether oxygens (including phenoxy) is 1. The summed E-state index contributed by atoms with van der Waals surface area (Å²) < 4.78 is 5.31. The van der Waals surface area contributed by atoms with Crippen LogP contribution in [0.1, 0.15) is 10.4 Å². The Morgan fingerprint density at radius 1 is 1.33 bits per heavy atom. The van der Waals surface area contributed by atoms with E-state index in [1.807, 2.05) is 42.8 Å². The van der Waals surface area contributed by atoms with E-state index < -0.39 is 0 Å². The molecular weight excluding hydrogens is 329 g/mol. The predicted octanol–water partition coefficient (Wildman–Crippen LogP) is 3.36. The van der Waals surface area contributed by atoms with Gasteiger partial charge in [0.1, 0.15) is 11.6 Å². The minimum atomic E-state index is 0. The van der Waals surface area contributed by atoms with E-state index in [-0.39, 0.29) is 24.8 Å². The molecule has 0 aliphatic carbocycles. The van der Waals surface area contributed by atoms with Gasteiger partial charge in [-0.2, -0.15) is 0 Å². The van der Waals surface area contributed by atoms with Crippen molar-refractivity contribution in [1.82, 2.24) is 5.32 Å². The number of benzene rings is 1. The van der Waals surface area contributed by atoms with Crippen molar-refractivity contribution in [2.45, 2.75) is 6.54 Å². The Balaban J connectivity index is 0.00000200. The van der Waals surface area contributed by atoms with E-state index in [9.17, 15) is 0 Å². The molecule has 116 valence electrons. The highest BCUT2D eigenvalue weighted by atomic mass is 35.5. The van der Waals surface area contributed by atoms with E-state index in [1.54, 1.807) is 18.4 Å². The van der Waals surface area contributed by atoms with Gasteiger partial charge in [0.2, 0.25) is 0 Å². The number of nitrogens with zero attached hydrogens (tertiary/aromatic N) is 1. The zero-order valence-electron chi connectivity index (χ0n) is 11.8. The van der Waals surface area contributed by atoms with Crippen LogP contribution in [0.15, 0.2) is 40.7 Å². The summed E-state index contributed by atoms with van der Waals surface area (Å²) in [5.74, 6) is 1.39. The van der Waals surface area contributed by atoms with Gasteiger partial charge in [-0.15, -0.1) is 36.2 Å². The van der Waals surface area contributed by atoms with Gasteiger partial charge < -0.3 is 15.8 Å². The Morgan fingerprint density at radius 3 is 2.67 bits per heavy atom. The maximum Gasteiger partial charge on any atom is 0.141 e. The molecule has 0 unspecified atom stereocenters. The molecule has 0 atom stereocenters. The lowest BCUT2D eigenvalue weighted by molar-refractivity contribution is 0.408. The first-order chi connectivity index (χ1) is 9.24. The number of hydrogen-bond acceptors (Lipinski definition) is 4. The van der Waals surface area contributed by atoms with Gasteiger partial charge >= 0.3 is 0 Å². The first kappa shape index (κ1) is 19.7. The van der Waals surface area contributed by atoms with E-state index in [0.29, 0.717) is 5.84 Å². The van der Waals surface area contributed by atoms with Crippen molar-refractivity contribution in [3.8, 4) is 5.75 Å². The number of hydrogen-bond donors (Lipinski definition) is 2. The lowest BCUT2D eigenvalue weighted by atomic mass is 10.1. The van der Waals surface area contributed by atoms with E-state index in [0.717, 1.165) is 28.4 Å². The minimum absolute atomic E-state index is 0. The van der Waals surface area contributed by atoms with Crippen LogP contribution in [-0.4, -0.2) is 20.0 Å². The number of methoxy groups -OCH3 is 1. The molecule has 21 heavy (non-hydrogen) atoms. The third-order valence-corrected chi connectivity index (χ3v) is 3.55. The van der Waals surface area contributed by atoms with Crippen LogP contribution in [0.3, 0.4) is 0 Å². The molecule has 7 heteroatoms. The summed E-state index contributed by atoms with van der Waals surface area (Å²) in [6.45, 7) is 0.728. The van der Waals surface area contributed by atoms with Crippen molar-refractivity contribution in [3.05, 3.63) is 46.2 Å². The smallest absolute Gasteiger partial charge is 0.141 e. The first-order valence-corrected chi connectivity index (χ1v) is 6.82. The average molecular weight is 348 g/mol. The number of rotatable bonds is 5. The van der Waals surface area contributed by atoms with Gasteiger partial charge in [0.05, 0.1) is 17.7 Å². The number of nitrogens with one attached hydrogen (secondary N) is 1. The zero-order valence-corrected chi connectivity index (χ0v) is 14.3. The topological polar surface area (TPSA) is 59.6 Å². The second-order valence-corrected chi connectivity index (χ2v) is 4.95. The molecule has 0 radical (unpaired) electrons. The summed E-state index contributed by atoms with van der Waals surface area (Å²) >= 11 is 1.58. The predicted molar refractivity (Wildman–Crippen MR) is 95.0 cm³/mol. The van der Waals surface area contributed by atoms with Gasteiger partial charge in [0.25, 0.3) is 0 Å². The van der Waals surface area contributed by atoms with E-state index in [2.05, 4.69) is 10.3 Å². The lowest BCUT2D eigenvalue weighted by Crippen LogP contribution is -2.10. The Bertz CT molecular complexity index is 574. The fourth-order valence-electron chi connectivity index (χ4n) is 1.78. The molecule has 0 fully saturated rings. The number of amidine groups is 1. The molecule has 0 spiro atoms. The third-order valence-electron chi connectivity index (χ3n) is 2.65. The van der Waals surface area contributed by atoms with Gasteiger partial charge in [-0.25, -0.2) is 4.99 Å². The van der Waals surface area contributed by atoms with Crippen LogP contribution >= 0.6 is 36.2 Å². The molecule has 1 heterocycles. The Kier molecular flexibility index (Phi) is 9.05. The Morgan fingerprint density at radius 2 is 2.10 bits per heavy atom. The highest BCUT2D eigenvalue weighted by Crippen LogP contribution is 2.25. The second-order valence-electron chi connectivity index (χ2n) is 4.00. The van der Waals surface area contributed by atoms with Crippen LogP contribution in [0, 0.1) is 0 Å². The SMILES string of the molecule is CNCc1cc(N=C(N)c2cccs2)ccc1OC.Cl.Cl. The normalized spacial score (nSPS) is 10.5. The molecule has 0 saturated heterocycles. The summed E-state index contributed by atoms with van der Waals surface area (Å²) in [5.41, 5.74) is 7.87. The number of thiophene rings is 1. The van der Waals surface area contributed by atoms with Crippen LogP contribution in [-0.2, 0) is 6.54 Å². The van der Waals surface area contributed by atoms with Crippen molar-refractivity contribution < 1.29 is 4.74 Å². The minimum Gasteiger partial charge on any atom is -0.496 e. The number of aliphatic imine (C=N–C) groups is 1. The molecule has 0 bridgehead atoms. The molecule has 2 rings (SSSR count). The van der Waals surface area contributed by atoms with Crippen molar-refractivity contribution in [2.24, 2.45) is 10.7 Å². The zero-order chi connectivity index (χ0) is 13.7. The van der Waals surface area contributed by atoms with Crippen LogP contribution < -0.4 is 15.8 Å². The molecule has 1 aromatic carbocycles. The van der Waals surface area contributed by atoms with Crippen LogP contribution in [0.25, 0.3) is 0 Å². The number of nitrogens with two attached hydrogens (primary N) is 1. The summed E-state index contributed by atoms with van der Waals surface area (Å²) in [5, 5.41) is 5.09. The number of halogens is 2. The Hall–Kier alpha value is -1.27. The summed E-state index contributed by atoms with van der Waals surface area (Å²) in [7, 11) is 3.56. The van der Waals surface area contributed by atoms with Crippen LogP contribution in [0.2, 0.25) is 0 Å². The first-order valence-electron chi connectivity index (χ1n) is 5.94.